The molecule has 2 aromatic rings. The van der Waals surface area contributed by atoms with Gasteiger partial charge in [-0.25, -0.2) is 8.42 Å². The van der Waals surface area contributed by atoms with Gasteiger partial charge < -0.3 is 10.1 Å². The van der Waals surface area contributed by atoms with E-state index in [4.69, 9.17) is 4.74 Å². The first kappa shape index (κ1) is 20.1. The van der Waals surface area contributed by atoms with Crippen molar-refractivity contribution in [1.29, 1.82) is 0 Å². The summed E-state index contributed by atoms with van der Waals surface area (Å²) in [5, 5.41) is 2.90. The molecule has 0 saturated carbocycles. The standard InChI is InChI=1S/C21H24N2O4S/c1-2-15-27-19-8-6-7-18(16-19)22-21(24)17-11-13-23(14-12-17)28(25,26)20-9-4-3-5-10-20/h2-10,16-17H,1,11-15H2,(H,22,24). The molecule has 7 heteroatoms. The van der Waals surface area contributed by atoms with E-state index in [-0.39, 0.29) is 16.7 Å². The van der Waals surface area contributed by atoms with Crippen LogP contribution in [0, 0.1) is 5.92 Å². The topological polar surface area (TPSA) is 75.7 Å². The number of nitrogens with one attached hydrogen (secondary N) is 1. The summed E-state index contributed by atoms with van der Waals surface area (Å²) in [6, 6.07) is 15.6. The lowest BCUT2D eigenvalue weighted by atomic mass is 9.97. The van der Waals surface area contributed by atoms with E-state index in [1.807, 2.05) is 12.1 Å². The van der Waals surface area contributed by atoms with Crippen molar-refractivity contribution in [2.45, 2.75) is 17.7 Å². The van der Waals surface area contributed by atoms with E-state index in [1.54, 1.807) is 48.5 Å². The maximum atomic E-state index is 12.7. The molecule has 28 heavy (non-hydrogen) atoms. The highest BCUT2D eigenvalue weighted by Gasteiger charge is 2.32. The number of hydrogen-bond acceptors (Lipinski definition) is 4. The number of benzene rings is 2. The zero-order valence-corrected chi connectivity index (χ0v) is 16.4. The number of rotatable bonds is 7. The second-order valence-corrected chi connectivity index (χ2v) is 8.55. The quantitative estimate of drug-likeness (QED) is 0.724. The molecule has 6 nitrogen and oxygen atoms in total. The molecule has 0 atom stereocenters. The molecule has 0 unspecified atom stereocenters. The third-order valence-electron chi connectivity index (χ3n) is 4.68. The van der Waals surface area contributed by atoms with Gasteiger partial charge in [-0.05, 0) is 37.1 Å². The number of carbonyl (C=O) groups excluding carboxylic acids is 1. The van der Waals surface area contributed by atoms with Crippen LogP contribution in [0.15, 0.2) is 72.1 Å². The predicted octanol–water partition coefficient (Wildman–Crippen LogP) is 3.29. The van der Waals surface area contributed by atoms with Crippen LogP contribution in [0.25, 0.3) is 0 Å². The Labute approximate surface area is 165 Å². The largest absolute Gasteiger partial charge is 0.489 e. The number of sulfonamides is 1. The summed E-state index contributed by atoms with van der Waals surface area (Å²) in [5.41, 5.74) is 0.658. The number of hydrogen-bond donors (Lipinski definition) is 1. The molecule has 0 radical (unpaired) electrons. The van der Waals surface area contributed by atoms with Gasteiger partial charge in [-0.1, -0.05) is 36.9 Å². The highest BCUT2D eigenvalue weighted by molar-refractivity contribution is 7.89. The van der Waals surface area contributed by atoms with Crippen LogP contribution in [-0.2, 0) is 14.8 Å². The maximum absolute atomic E-state index is 12.7. The fraction of sp³-hybridized carbons (Fsp3) is 0.286. The summed E-state index contributed by atoms with van der Waals surface area (Å²) in [6.07, 6.45) is 2.64. The van der Waals surface area contributed by atoms with E-state index >= 15 is 0 Å². The average Bonchev–Trinajstić information content (AvgIpc) is 2.73. The Morgan fingerprint density at radius 2 is 1.86 bits per heavy atom. The van der Waals surface area contributed by atoms with Gasteiger partial charge in [-0.15, -0.1) is 0 Å². The van der Waals surface area contributed by atoms with Gasteiger partial charge >= 0.3 is 0 Å². The van der Waals surface area contributed by atoms with Crippen LogP contribution in [0.2, 0.25) is 0 Å². The molecule has 1 N–H and O–H groups in total. The van der Waals surface area contributed by atoms with Crippen LogP contribution < -0.4 is 10.1 Å². The van der Waals surface area contributed by atoms with Crippen molar-refractivity contribution in [3.8, 4) is 5.75 Å². The van der Waals surface area contributed by atoms with Crippen molar-refractivity contribution in [2.24, 2.45) is 5.92 Å². The highest BCUT2D eigenvalue weighted by Crippen LogP contribution is 2.25. The fourth-order valence-corrected chi connectivity index (χ4v) is 4.65. The van der Waals surface area contributed by atoms with Crippen molar-refractivity contribution < 1.29 is 17.9 Å². The van der Waals surface area contributed by atoms with Crippen LogP contribution in [-0.4, -0.2) is 38.3 Å². The number of piperidine rings is 1. The molecular formula is C21H24N2O4S. The lowest BCUT2D eigenvalue weighted by Crippen LogP contribution is -2.41. The second-order valence-electron chi connectivity index (χ2n) is 6.61. The Hall–Kier alpha value is -2.64. The summed E-state index contributed by atoms with van der Waals surface area (Å²) < 4.78 is 32.3. The van der Waals surface area contributed by atoms with Gasteiger partial charge in [0, 0.05) is 30.8 Å². The number of ether oxygens (including phenoxy) is 1. The van der Waals surface area contributed by atoms with Gasteiger partial charge in [0.15, 0.2) is 0 Å². The average molecular weight is 401 g/mol. The molecule has 0 aromatic heterocycles. The number of carbonyl (C=O) groups is 1. The first-order valence-corrected chi connectivity index (χ1v) is 10.6. The molecule has 1 heterocycles. The third-order valence-corrected chi connectivity index (χ3v) is 6.59. The van der Waals surface area contributed by atoms with Crippen molar-refractivity contribution in [3.05, 3.63) is 67.3 Å². The Kier molecular flexibility index (Phi) is 6.49. The minimum Gasteiger partial charge on any atom is -0.489 e. The molecule has 2 aromatic carbocycles. The highest BCUT2D eigenvalue weighted by atomic mass is 32.2. The smallest absolute Gasteiger partial charge is 0.243 e. The monoisotopic (exact) mass is 400 g/mol. The third kappa shape index (κ3) is 4.79. The Bertz CT molecular complexity index is 920. The Balaban J connectivity index is 1.58. The van der Waals surface area contributed by atoms with E-state index < -0.39 is 10.0 Å². The zero-order valence-electron chi connectivity index (χ0n) is 15.6. The lowest BCUT2D eigenvalue weighted by molar-refractivity contribution is -0.120. The van der Waals surface area contributed by atoms with E-state index in [2.05, 4.69) is 11.9 Å². The van der Waals surface area contributed by atoms with Gasteiger partial charge in [0.05, 0.1) is 4.90 Å². The molecule has 1 aliphatic rings. The Morgan fingerprint density at radius 3 is 2.54 bits per heavy atom. The summed E-state index contributed by atoms with van der Waals surface area (Å²) >= 11 is 0. The van der Waals surface area contributed by atoms with Crippen LogP contribution in [0.4, 0.5) is 5.69 Å². The first-order chi connectivity index (χ1) is 13.5. The van der Waals surface area contributed by atoms with Gasteiger partial charge in [-0.2, -0.15) is 4.31 Å². The van der Waals surface area contributed by atoms with E-state index in [9.17, 15) is 13.2 Å². The second kappa shape index (κ2) is 9.03. The van der Waals surface area contributed by atoms with Crippen molar-refractivity contribution in [2.75, 3.05) is 25.0 Å². The van der Waals surface area contributed by atoms with Crippen molar-refractivity contribution in [3.63, 3.8) is 0 Å². The van der Waals surface area contributed by atoms with E-state index in [0.717, 1.165) is 0 Å². The normalized spacial score (nSPS) is 15.7. The molecule has 0 spiro atoms. The van der Waals surface area contributed by atoms with Crippen LogP contribution >= 0.6 is 0 Å². The summed E-state index contributed by atoms with van der Waals surface area (Å²) in [4.78, 5) is 12.9. The molecule has 3 rings (SSSR count). The number of amides is 1. The molecule has 1 aliphatic heterocycles. The number of anilines is 1. The SMILES string of the molecule is C=CCOc1cccc(NC(=O)C2CCN(S(=O)(=O)c3ccccc3)CC2)c1. The van der Waals surface area contributed by atoms with Crippen LogP contribution in [0.5, 0.6) is 5.75 Å². The van der Waals surface area contributed by atoms with Crippen molar-refractivity contribution >= 4 is 21.6 Å². The van der Waals surface area contributed by atoms with Gasteiger partial charge in [-0.3, -0.25) is 4.79 Å². The van der Waals surface area contributed by atoms with Crippen LogP contribution in [0.1, 0.15) is 12.8 Å². The molecule has 0 aliphatic carbocycles. The van der Waals surface area contributed by atoms with Crippen molar-refractivity contribution in [1.82, 2.24) is 4.31 Å². The van der Waals surface area contributed by atoms with Gasteiger partial charge in [0.25, 0.3) is 0 Å². The fourth-order valence-electron chi connectivity index (χ4n) is 3.16. The molecule has 0 bridgehead atoms. The van der Waals surface area contributed by atoms with Gasteiger partial charge in [0.2, 0.25) is 15.9 Å². The molecule has 148 valence electrons. The Morgan fingerprint density at radius 1 is 1.14 bits per heavy atom. The van der Waals surface area contributed by atoms with E-state index in [1.165, 1.54) is 4.31 Å². The van der Waals surface area contributed by atoms with Crippen LogP contribution in [0.3, 0.4) is 0 Å². The molecular weight excluding hydrogens is 376 g/mol. The first-order valence-electron chi connectivity index (χ1n) is 9.20. The lowest BCUT2D eigenvalue weighted by Gasteiger charge is -2.30. The van der Waals surface area contributed by atoms with E-state index in [0.29, 0.717) is 44.0 Å². The summed E-state index contributed by atoms with van der Waals surface area (Å²) in [5.74, 6) is 0.332. The molecule has 1 saturated heterocycles. The zero-order chi connectivity index (χ0) is 20.0. The predicted molar refractivity (Wildman–Crippen MR) is 109 cm³/mol. The molecule has 1 fully saturated rings. The van der Waals surface area contributed by atoms with Gasteiger partial charge in [0.1, 0.15) is 12.4 Å². The minimum atomic E-state index is -3.51. The number of nitrogens with zero attached hydrogens (tertiary/aromatic N) is 1. The maximum Gasteiger partial charge on any atom is 0.243 e. The minimum absolute atomic E-state index is 0.0994. The summed E-state index contributed by atoms with van der Waals surface area (Å²) in [6.45, 7) is 4.67. The summed E-state index contributed by atoms with van der Waals surface area (Å²) in [7, 11) is -3.51. The molecule has 1 amide bonds.